The Morgan fingerprint density at radius 1 is 1.00 bits per heavy atom. The summed E-state index contributed by atoms with van der Waals surface area (Å²) in [5, 5.41) is 16.5. The lowest BCUT2D eigenvalue weighted by Gasteiger charge is -2.22. The van der Waals surface area contributed by atoms with Gasteiger partial charge in [0.1, 0.15) is 6.54 Å². The minimum absolute atomic E-state index is 0.0282. The number of nitrogens with one attached hydrogen (secondary N) is 2. The highest BCUT2D eigenvalue weighted by Gasteiger charge is 2.24. The zero-order valence-corrected chi connectivity index (χ0v) is 19.9. The molecule has 0 saturated heterocycles. The number of rotatable bonds is 9. The second kappa shape index (κ2) is 10.8. The fraction of sp³-hybridized carbons (Fsp3) is 0.167. The number of hydrogen-bond donors (Lipinski definition) is 2. The van der Waals surface area contributed by atoms with Crippen LogP contribution in [0.3, 0.4) is 0 Å². The fourth-order valence-corrected chi connectivity index (χ4v) is 4.22. The zero-order chi connectivity index (χ0) is 25.6. The number of nitrogens with zero attached hydrogens (tertiary/aromatic N) is 2. The number of hydrogen-bond acceptors (Lipinski definition) is 6. The van der Waals surface area contributed by atoms with Crippen molar-refractivity contribution in [2.75, 3.05) is 22.4 Å². The van der Waals surface area contributed by atoms with Gasteiger partial charge in [-0.1, -0.05) is 48.5 Å². The summed E-state index contributed by atoms with van der Waals surface area (Å²) in [6.07, 6.45) is 0.894. The molecule has 182 valence electrons. The van der Waals surface area contributed by atoms with Crippen molar-refractivity contribution in [2.24, 2.45) is 0 Å². The Hall–Kier alpha value is -4.25. The maximum atomic E-state index is 12.9. The van der Waals surface area contributed by atoms with Gasteiger partial charge >= 0.3 is 0 Å². The second-order valence-corrected chi connectivity index (χ2v) is 9.65. The molecule has 11 heteroatoms. The van der Waals surface area contributed by atoms with E-state index in [9.17, 15) is 28.1 Å². The first-order valence-electron chi connectivity index (χ1n) is 10.5. The molecular weight excluding hydrogens is 472 g/mol. The van der Waals surface area contributed by atoms with Crippen LogP contribution in [0.25, 0.3) is 0 Å². The molecule has 0 saturated carbocycles. The largest absolute Gasteiger partial charge is 0.345 e. The molecule has 35 heavy (non-hydrogen) atoms. The molecule has 0 bridgehead atoms. The average Bonchev–Trinajstić information content (AvgIpc) is 2.82. The lowest BCUT2D eigenvalue weighted by atomic mass is 10.1. The molecule has 3 rings (SSSR count). The van der Waals surface area contributed by atoms with E-state index in [-0.39, 0.29) is 28.7 Å². The summed E-state index contributed by atoms with van der Waals surface area (Å²) < 4.78 is 25.4. The normalized spacial score (nSPS) is 11.8. The van der Waals surface area contributed by atoms with Crippen LogP contribution < -0.4 is 14.9 Å². The number of benzene rings is 3. The van der Waals surface area contributed by atoms with Gasteiger partial charge in [-0.05, 0) is 30.7 Å². The Labute approximate surface area is 202 Å². The molecule has 0 heterocycles. The molecule has 0 aliphatic heterocycles. The predicted molar refractivity (Wildman–Crippen MR) is 133 cm³/mol. The van der Waals surface area contributed by atoms with Crippen molar-refractivity contribution in [2.45, 2.75) is 13.0 Å². The molecule has 0 aliphatic rings. The van der Waals surface area contributed by atoms with E-state index in [1.807, 2.05) is 37.3 Å². The van der Waals surface area contributed by atoms with Gasteiger partial charge in [0.15, 0.2) is 0 Å². The Balaban J connectivity index is 1.79. The Morgan fingerprint density at radius 3 is 2.31 bits per heavy atom. The quantitative estimate of drug-likeness (QED) is 0.343. The molecule has 0 radical (unpaired) electrons. The summed E-state index contributed by atoms with van der Waals surface area (Å²) in [6.45, 7) is 1.19. The van der Waals surface area contributed by atoms with Gasteiger partial charge in [0, 0.05) is 12.1 Å². The van der Waals surface area contributed by atoms with Crippen LogP contribution in [0.5, 0.6) is 0 Å². The van der Waals surface area contributed by atoms with Gasteiger partial charge in [0.25, 0.3) is 11.6 Å². The van der Waals surface area contributed by atoms with Gasteiger partial charge in [-0.15, -0.1) is 0 Å². The van der Waals surface area contributed by atoms with Crippen molar-refractivity contribution >= 4 is 38.9 Å². The minimum atomic E-state index is -3.95. The summed E-state index contributed by atoms with van der Waals surface area (Å²) in [5.74, 6) is -1.14. The smallest absolute Gasteiger partial charge is 0.271 e. The molecule has 2 N–H and O–H groups in total. The maximum Gasteiger partial charge on any atom is 0.271 e. The van der Waals surface area contributed by atoms with Crippen molar-refractivity contribution in [3.05, 3.63) is 100 Å². The molecular formula is C24H24N4O6S. The van der Waals surface area contributed by atoms with Crippen LogP contribution in [0.15, 0.2) is 78.9 Å². The third kappa shape index (κ3) is 6.64. The molecule has 3 aromatic rings. The van der Waals surface area contributed by atoms with E-state index in [0.29, 0.717) is 0 Å². The van der Waals surface area contributed by atoms with Crippen molar-refractivity contribution in [3.63, 3.8) is 0 Å². The number of amides is 2. The highest BCUT2D eigenvalue weighted by molar-refractivity contribution is 7.92. The van der Waals surface area contributed by atoms with Crippen LogP contribution >= 0.6 is 0 Å². The van der Waals surface area contributed by atoms with Crippen molar-refractivity contribution in [3.8, 4) is 0 Å². The standard InChI is InChI=1S/C24H24N4O6S/c1-17(18-9-4-3-5-10-18)25-24(30)21-13-6-7-14-22(21)26-23(29)16-27(35(2,33)34)19-11-8-12-20(15-19)28(31)32/h3-15,17H,16H2,1-2H3,(H,25,30)(H,26,29)/t17-/m0/s1. The average molecular weight is 497 g/mol. The van der Waals surface area contributed by atoms with E-state index < -0.39 is 33.3 Å². The number of anilines is 2. The molecule has 0 fully saturated rings. The number of sulfonamides is 1. The second-order valence-electron chi connectivity index (χ2n) is 7.75. The number of nitro benzene ring substituents is 1. The van der Waals surface area contributed by atoms with Gasteiger partial charge in [-0.3, -0.25) is 24.0 Å². The zero-order valence-electron chi connectivity index (χ0n) is 19.0. The van der Waals surface area contributed by atoms with Gasteiger partial charge in [0.05, 0.1) is 34.2 Å². The first-order valence-corrected chi connectivity index (χ1v) is 12.4. The maximum absolute atomic E-state index is 12.9. The SMILES string of the molecule is C[C@H](NC(=O)c1ccccc1NC(=O)CN(c1cccc([N+](=O)[O-])c1)S(C)(=O)=O)c1ccccc1. The molecule has 0 spiro atoms. The van der Waals surface area contributed by atoms with Crippen molar-refractivity contribution < 1.29 is 22.9 Å². The molecule has 0 aliphatic carbocycles. The van der Waals surface area contributed by atoms with Gasteiger partial charge in [-0.2, -0.15) is 0 Å². The number of nitro groups is 1. The third-order valence-corrected chi connectivity index (χ3v) is 6.25. The van der Waals surface area contributed by atoms with Gasteiger partial charge in [0.2, 0.25) is 15.9 Å². The molecule has 10 nitrogen and oxygen atoms in total. The topological polar surface area (TPSA) is 139 Å². The van der Waals surface area contributed by atoms with E-state index in [2.05, 4.69) is 10.6 Å². The third-order valence-electron chi connectivity index (χ3n) is 5.11. The Kier molecular flexibility index (Phi) is 7.82. The summed E-state index contributed by atoms with van der Waals surface area (Å²) in [7, 11) is -3.95. The number of non-ortho nitro benzene ring substituents is 1. The summed E-state index contributed by atoms with van der Waals surface area (Å²) in [4.78, 5) is 36.1. The fourth-order valence-electron chi connectivity index (χ4n) is 3.37. The van der Waals surface area contributed by atoms with Gasteiger partial charge in [-0.25, -0.2) is 8.42 Å². The first kappa shape index (κ1) is 25.4. The monoisotopic (exact) mass is 496 g/mol. The van der Waals surface area contributed by atoms with Crippen molar-refractivity contribution in [1.29, 1.82) is 0 Å². The molecule has 2 amide bonds. The summed E-state index contributed by atoms with van der Waals surface area (Å²) in [5.41, 5.74) is 0.960. The van der Waals surface area contributed by atoms with Crippen LogP contribution in [-0.2, 0) is 14.8 Å². The van der Waals surface area contributed by atoms with E-state index in [1.54, 1.807) is 12.1 Å². The first-order chi connectivity index (χ1) is 16.6. The lowest BCUT2D eigenvalue weighted by Crippen LogP contribution is -2.37. The Morgan fingerprint density at radius 2 is 1.66 bits per heavy atom. The van der Waals surface area contributed by atoms with Gasteiger partial charge < -0.3 is 10.6 Å². The van der Waals surface area contributed by atoms with E-state index in [4.69, 9.17) is 0 Å². The lowest BCUT2D eigenvalue weighted by molar-refractivity contribution is -0.384. The number of carbonyl (C=O) groups excluding carboxylic acids is 2. The molecule has 0 aromatic heterocycles. The van der Waals surface area contributed by atoms with E-state index >= 15 is 0 Å². The highest BCUT2D eigenvalue weighted by Crippen LogP contribution is 2.24. The van der Waals surface area contributed by atoms with Crippen LogP contribution in [0.1, 0.15) is 28.9 Å². The predicted octanol–water partition coefficient (Wildman–Crippen LogP) is 3.49. The highest BCUT2D eigenvalue weighted by atomic mass is 32.2. The summed E-state index contributed by atoms with van der Waals surface area (Å²) >= 11 is 0. The number of para-hydroxylation sites is 1. The molecule has 0 unspecified atom stereocenters. The van der Waals surface area contributed by atoms with Crippen molar-refractivity contribution in [1.82, 2.24) is 5.32 Å². The van der Waals surface area contributed by atoms with Crippen LogP contribution in [0.4, 0.5) is 17.1 Å². The van der Waals surface area contributed by atoms with Crippen LogP contribution in [0.2, 0.25) is 0 Å². The van der Waals surface area contributed by atoms with Crippen LogP contribution in [0, 0.1) is 10.1 Å². The van der Waals surface area contributed by atoms with Crippen LogP contribution in [-0.4, -0.2) is 38.0 Å². The molecule has 1 atom stereocenters. The minimum Gasteiger partial charge on any atom is -0.345 e. The Bertz CT molecular complexity index is 1340. The van der Waals surface area contributed by atoms with E-state index in [1.165, 1.54) is 30.3 Å². The van der Waals surface area contributed by atoms with E-state index in [0.717, 1.165) is 22.2 Å². The summed E-state index contributed by atoms with van der Waals surface area (Å²) in [6, 6.07) is 20.4. The number of carbonyl (C=O) groups is 2. The molecule has 3 aromatic carbocycles.